The van der Waals surface area contributed by atoms with Gasteiger partial charge in [0.15, 0.2) is 0 Å². The Bertz CT molecular complexity index is 5050. The number of carboxylic acids is 1. The summed E-state index contributed by atoms with van der Waals surface area (Å²) in [6, 6.07) is 64.7. The van der Waals surface area contributed by atoms with Crippen molar-refractivity contribution < 1.29 is 210 Å². The van der Waals surface area contributed by atoms with Crippen molar-refractivity contribution >= 4 is 105 Å². The van der Waals surface area contributed by atoms with E-state index in [1.807, 2.05) is 91.0 Å². The largest absolute Gasteiger partial charge is 1.00 e. The van der Waals surface area contributed by atoms with Crippen LogP contribution in [-0.2, 0) is 112 Å². The Balaban J connectivity index is 0.000000535. The van der Waals surface area contributed by atoms with Crippen LogP contribution in [0.1, 0.15) is 124 Å². The van der Waals surface area contributed by atoms with E-state index in [1.165, 1.54) is 0 Å². The molecule has 0 aliphatic rings. The van der Waals surface area contributed by atoms with Crippen molar-refractivity contribution in [1.29, 1.82) is 0 Å². The number of furan rings is 3. The van der Waals surface area contributed by atoms with Crippen LogP contribution in [0.25, 0.3) is 55.2 Å². The number of rotatable bonds is 30. The van der Waals surface area contributed by atoms with Crippen molar-refractivity contribution in [3.05, 3.63) is 271 Å². The topological polar surface area (TPSA) is 355 Å². The molecular weight excluding hydrogens is 1660 g/mol. The summed E-state index contributed by atoms with van der Waals surface area (Å²) in [4.78, 5) is 46.3. The summed E-state index contributed by atoms with van der Waals surface area (Å²) in [6.45, 7) is 19.7. The third-order valence-electron chi connectivity index (χ3n) is 17.2. The quantitative estimate of drug-likeness (QED) is 0.00662. The van der Waals surface area contributed by atoms with E-state index in [4.69, 9.17) is 74.2 Å². The van der Waals surface area contributed by atoms with Gasteiger partial charge >= 0.3 is 147 Å². The number of hydrogen-bond acceptors (Lipinski definition) is 20. The second-order valence-corrected chi connectivity index (χ2v) is 28.8. The monoisotopic (exact) mass is 1760 g/mol. The van der Waals surface area contributed by atoms with E-state index in [9.17, 15) is 19.5 Å². The van der Waals surface area contributed by atoms with Gasteiger partial charge in [-0.05, 0) is 189 Å². The first-order chi connectivity index (χ1) is 53.5. The Kier molecular flexibility index (Phi) is 48.3. The molecule has 3 aromatic heterocycles. The molecule has 0 radical (unpaired) electrons. The van der Waals surface area contributed by atoms with Crippen molar-refractivity contribution in [3.8, 4) is 39.5 Å². The third-order valence-corrected chi connectivity index (χ3v) is 18.0. The van der Waals surface area contributed by atoms with E-state index < -0.39 is 13.1 Å². The van der Waals surface area contributed by atoms with Gasteiger partial charge in [0, 0.05) is 82.9 Å². The van der Waals surface area contributed by atoms with Crippen LogP contribution in [0.2, 0.25) is 0 Å². The standard InChI is InChI=1S/C30H33NO4.C28H29NO4.C23H25IO4.C7H10BNO2.CH2O3.ClH.2K.Li.H2O.H/c1-4-33-29(32)17-24-9-5-6-11-28(24)34-19-22-14-25-16-26(12-20(2)3)35-30(25)27(15-22)23-10-7-8-21(13-23)18-31;1-18(2)10-24-14-23-12-20(17-32-26-9-4-3-7-22(26)15-27(30)31)13-25(28(23)33-24)21-8-5-6-19(11-21)16-29;1-4-26-22(25)13-17-7-5-6-8-21(17)27-14-16-10-18-12-19(9-15(2)3)28-23(18)20(24)11-16;9-5-6-2-1-3-7(4-6)8(10)11;2-1-4-3;;;;;;/h5-11,13-16,20H,4,12,17-19,31H2,1-3H3;3-9,11-14,18H,10,15-17,29H2,1-2H3,(H,30,31);5-8,10-12,15H,4,9,13-14H2,1-3H3;1-4,10-11H,5,9H2;1,3H;1H;;;;1H2;/q;;;;;;3*+1;;-1/p-2. The molecule has 10 N–H and O–H groups in total. The first kappa shape index (κ1) is 104. The summed E-state index contributed by atoms with van der Waals surface area (Å²) in [5.41, 5.74) is 32.8. The van der Waals surface area contributed by atoms with E-state index in [0.29, 0.717) is 98.7 Å². The van der Waals surface area contributed by atoms with E-state index in [2.05, 4.69) is 148 Å². The van der Waals surface area contributed by atoms with Crippen LogP contribution < -0.4 is 164 Å². The zero-order valence-corrected chi connectivity index (χ0v) is 77.1. The molecular formula is C89H101BClIK2LiN3O18. The fourth-order valence-electron chi connectivity index (χ4n) is 12.3. The Morgan fingerprint density at radius 1 is 0.483 bits per heavy atom. The summed E-state index contributed by atoms with van der Waals surface area (Å²) in [5.74, 6) is 5.07. The molecule has 3 heterocycles. The molecule has 0 saturated heterocycles. The molecule has 0 atom stereocenters. The minimum absolute atomic E-state index is 0. The van der Waals surface area contributed by atoms with E-state index in [1.54, 1.807) is 44.2 Å². The van der Waals surface area contributed by atoms with Gasteiger partial charge in [-0.15, -0.1) is 12.4 Å². The Labute approximate surface area is 797 Å². The minimum Gasteiger partial charge on any atom is -1.00 e. The van der Waals surface area contributed by atoms with Crippen LogP contribution in [0.4, 0.5) is 0 Å². The fourth-order valence-corrected chi connectivity index (χ4v) is 13.1. The summed E-state index contributed by atoms with van der Waals surface area (Å²) < 4.78 is 48.1. The molecule has 0 aliphatic heterocycles. The maximum Gasteiger partial charge on any atom is 1.00 e. The SMILES string of the molecule is CC(C)Cc1cc2cc(COc3ccccc3CC(=O)O)cc(-c3cccc(CN)c3)c2o1.CCOC(=O)Cc1ccccc1OCc1cc(-c2cccc(CN)c2)c2oc(CC(C)C)cc2c1.CCOC(=O)Cc1ccccc1OCc1cc(I)c2oc(CC(C)C)cc2c1.Cl.NCc1cccc(B(O)O)c1.O=CO[O-].[H-].[K+].[K+].[Li+].[OH-]. The van der Waals surface area contributed by atoms with Crippen molar-refractivity contribution in [2.75, 3.05) is 13.2 Å². The molecule has 116 heavy (non-hydrogen) atoms. The van der Waals surface area contributed by atoms with Gasteiger partial charge in [-0.2, -0.15) is 0 Å². The Morgan fingerprint density at radius 2 is 0.819 bits per heavy atom. The third kappa shape index (κ3) is 32.9. The fraction of sp³-hybridized carbons (Fsp3) is 0.281. The van der Waals surface area contributed by atoms with Gasteiger partial charge in [0.1, 0.15) is 71.1 Å². The number of fused-ring (bicyclic) bond motifs is 3. The summed E-state index contributed by atoms with van der Waals surface area (Å²) in [6.07, 6.45) is 2.99. The number of carboxylic acid groups (broad SMARTS) is 1. The number of nitrogens with two attached hydrogens (primary N) is 3. The van der Waals surface area contributed by atoms with Crippen molar-refractivity contribution in [1.82, 2.24) is 0 Å². The molecule has 600 valence electrons. The molecule has 12 rings (SSSR count). The molecule has 0 spiro atoms. The Morgan fingerprint density at radius 3 is 1.16 bits per heavy atom. The van der Waals surface area contributed by atoms with Crippen molar-refractivity contribution in [2.45, 2.75) is 133 Å². The van der Waals surface area contributed by atoms with Gasteiger partial charge in [0.2, 0.25) is 0 Å². The number of carbonyl (C=O) groups excluding carboxylic acids is 3. The first-order valence-electron chi connectivity index (χ1n) is 36.9. The van der Waals surface area contributed by atoms with Crippen LogP contribution in [0.3, 0.4) is 0 Å². The number of ether oxygens (including phenoxy) is 5. The van der Waals surface area contributed by atoms with Gasteiger partial charge in [0.05, 0.1) is 36.0 Å². The summed E-state index contributed by atoms with van der Waals surface area (Å²) in [7, 11) is -1.40. The molecule has 0 aliphatic carbocycles. The van der Waals surface area contributed by atoms with Gasteiger partial charge in [0.25, 0.3) is 6.47 Å². The predicted molar refractivity (Wildman–Crippen MR) is 450 cm³/mol. The average Bonchev–Trinajstić information content (AvgIpc) is 1.68. The minimum atomic E-state index is -1.40. The molecule has 12 aromatic rings. The van der Waals surface area contributed by atoms with Crippen LogP contribution in [0.15, 0.2) is 213 Å². The van der Waals surface area contributed by atoms with E-state index in [0.717, 1.165) is 140 Å². The zero-order chi connectivity index (χ0) is 79.9. The average molecular weight is 1760 g/mol. The number of hydrogen-bond donors (Lipinski definition) is 6. The Hall–Kier alpha value is -6.44. The smallest absolute Gasteiger partial charge is 1.00 e. The van der Waals surface area contributed by atoms with Crippen molar-refractivity contribution in [3.63, 3.8) is 0 Å². The zero-order valence-electron chi connectivity index (χ0n) is 68.9. The van der Waals surface area contributed by atoms with Gasteiger partial charge in [-0.1, -0.05) is 157 Å². The number of para-hydroxylation sites is 3. The maximum absolute atomic E-state index is 12.0. The summed E-state index contributed by atoms with van der Waals surface area (Å²) >= 11 is 2.31. The normalized spacial score (nSPS) is 10.4. The number of aliphatic carboxylic acids is 1. The van der Waals surface area contributed by atoms with Gasteiger partial charge in [-0.3, -0.25) is 19.2 Å². The number of esters is 2. The van der Waals surface area contributed by atoms with Crippen LogP contribution in [0.5, 0.6) is 17.2 Å². The number of benzene rings is 9. The second-order valence-electron chi connectivity index (χ2n) is 27.6. The number of carbonyl (C=O) groups is 4. The molecule has 0 saturated carbocycles. The van der Waals surface area contributed by atoms with Crippen LogP contribution >= 0.6 is 35.0 Å². The molecule has 0 fully saturated rings. The molecule has 0 bridgehead atoms. The maximum atomic E-state index is 12.0. The van der Waals surface area contributed by atoms with Crippen molar-refractivity contribution in [2.24, 2.45) is 35.0 Å². The van der Waals surface area contributed by atoms with E-state index >= 15 is 0 Å². The van der Waals surface area contributed by atoms with E-state index in [-0.39, 0.29) is 179 Å². The molecule has 0 amide bonds. The van der Waals surface area contributed by atoms with Crippen LogP contribution in [-0.4, -0.2) is 65.3 Å². The molecule has 27 heteroatoms. The molecule has 21 nitrogen and oxygen atoms in total. The molecule has 9 aromatic carbocycles. The van der Waals surface area contributed by atoms with Crippen LogP contribution in [0, 0.1) is 21.3 Å². The first-order valence-corrected chi connectivity index (χ1v) is 38.0. The van der Waals surface area contributed by atoms with Gasteiger partial charge in [-0.25, -0.2) is 0 Å². The predicted octanol–water partition coefficient (Wildman–Crippen LogP) is 6.95. The van der Waals surface area contributed by atoms with Gasteiger partial charge < -0.3 is 86.3 Å². The summed E-state index contributed by atoms with van der Waals surface area (Å²) in [5, 5.41) is 38.3. The number of halogens is 2. The second kappa shape index (κ2) is 54.0. The molecule has 0 unspecified atom stereocenters.